The minimum atomic E-state index is -0.579. The molecular weight excluding hydrogens is 358 g/mol. The molecule has 0 bridgehead atoms. The van der Waals surface area contributed by atoms with Crippen molar-refractivity contribution >= 4 is 0 Å². The van der Waals surface area contributed by atoms with E-state index in [0.717, 1.165) is 11.1 Å². The van der Waals surface area contributed by atoms with Crippen molar-refractivity contribution in [3.63, 3.8) is 0 Å². The van der Waals surface area contributed by atoms with Gasteiger partial charge in [-0.25, -0.2) is 0 Å². The summed E-state index contributed by atoms with van der Waals surface area (Å²) in [5.41, 5.74) is 5.56. The Balaban J connectivity index is 0.00000338. The molecule has 0 spiro atoms. The van der Waals surface area contributed by atoms with E-state index in [9.17, 15) is 5.11 Å². The van der Waals surface area contributed by atoms with Gasteiger partial charge in [-0.05, 0) is 42.3 Å². The van der Waals surface area contributed by atoms with Gasteiger partial charge in [0, 0.05) is 0 Å². The van der Waals surface area contributed by atoms with Gasteiger partial charge >= 0.3 is 0 Å². The maximum absolute atomic E-state index is 10.0. The maximum atomic E-state index is 10.0. The molecule has 0 aliphatic carbocycles. The molecule has 2 aromatic carbocycles. The van der Waals surface area contributed by atoms with E-state index in [1.54, 1.807) is 21.3 Å². The molecule has 26 heavy (non-hydrogen) atoms. The van der Waals surface area contributed by atoms with Gasteiger partial charge in [0.25, 0.3) is 0 Å². The second kappa shape index (κ2) is 10.1. The number of ether oxygens (including phenoxy) is 4. The number of quaternary nitrogens is 1. The minimum Gasteiger partial charge on any atom is -1.00 e. The SMILES string of the molecule is COc1cc(COc2ccc(C(O)C(C)[NH3+])cc2)cc(OC)c1OC.[Cl-]. The van der Waals surface area contributed by atoms with Crippen molar-refractivity contribution in [3.8, 4) is 23.0 Å². The van der Waals surface area contributed by atoms with Crippen molar-refractivity contribution in [2.24, 2.45) is 0 Å². The first-order valence-corrected chi connectivity index (χ1v) is 8.03. The number of benzene rings is 2. The molecular formula is C19H26ClNO5. The first-order valence-electron chi connectivity index (χ1n) is 8.03. The molecule has 144 valence electrons. The predicted octanol–water partition coefficient (Wildman–Crippen LogP) is -1.04. The number of rotatable bonds is 8. The van der Waals surface area contributed by atoms with Crippen LogP contribution in [-0.4, -0.2) is 32.5 Å². The van der Waals surface area contributed by atoms with Gasteiger partial charge in [-0.15, -0.1) is 0 Å². The summed E-state index contributed by atoms with van der Waals surface area (Å²) in [6.07, 6.45) is -0.579. The summed E-state index contributed by atoms with van der Waals surface area (Å²) < 4.78 is 21.8. The first kappa shape index (κ1) is 21.9. The molecule has 0 saturated heterocycles. The molecule has 0 aliphatic rings. The van der Waals surface area contributed by atoms with E-state index in [2.05, 4.69) is 5.73 Å². The van der Waals surface area contributed by atoms with Gasteiger partial charge < -0.3 is 42.2 Å². The van der Waals surface area contributed by atoms with Crippen LogP contribution in [0.15, 0.2) is 36.4 Å². The smallest absolute Gasteiger partial charge is 0.203 e. The van der Waals surface area contributed by atoms with Crippen molar-refractivity contribution in [2.75, 3.05) is 21.3 Å². The van der Waals surface area contributed by atoms with Crippen molar-refractivity contribution in [3.05, 3.63) is 47.5 Å². The first-order chi connectivity index (χ1) is 12.0. The zero-order valence-electron chi connectivity index (χ0n) is 15.5. The van der Waals surface area contributed by atoms with Crippen molar-refractivity contribution in [2.45, 2.75) is 25.7 Å². The fourth-order valence-corrected chi connectivity index (χ4v) is 2.48. The number of aliphatic hydroxyl groups is 1. The molecule has 2 atom stereocenters. The van der Waals surface area contributed by atoms with Crippen LogP contribution in [0.2, 0.25) is 0 Å². The second-order valence-corrected chi connectivity index (χ2v) is 5.81. The summed E-state index contributed by atoms with van der Waals surface area (Å²) in [6, 6.07) is 11.0. The van der Waals surface area contributed by atoms with Crippen LogP contribution < -0.4 is 37.1 Å². The fourth-order valence-electron chi connectivity index (χ4n) is 2.48. The van der Waals surface area contributed by atoms with Crippen molar-refractivity contribution in [1.29, 1.82) is 0 Å². The number of hydrogen-bond donors (Lipinski definition) is 2. The Labute approximate surface area is 160 Å². The van der Waals surface area contributed by atoms with Crippen LogP contribution >= 0.6 is 0 Å². The Hall–Kier alpha value is -2.15. The third-order valence-electron chi connectivity index (χ3n) is 3.89. The van der Waals surface area contributed by atoms with Gasteiger partial charge in [-0.2, -0.15) is 0 Å². The highest BCUT2D eigenvalue weighted by Gasteiger charge is 2.15. The van der Waals surface area contributed by atoms with Crippen LogP contribution in [0, 0.1) is 0 Å². The molecule has 7 heteroatoms. The van der Waals surface area contributed by atoms with Crippen LogP contribution in [0.5, 0.6) is 23.0 Å². The van der Waals surface area contributed by atoms with Crippen LogP contribution in [0.3, 0.4) is 0 Å². The Morgan fingerprint density at radius 2 is 1.50 bits per heavy atom. The van der Waals surface area contributed by atoms with E-state index in [4.69, 9.17) is 18.9 Å². The normalized spacial score (nSPS) is 12.5. The Morgan fingerprint density at radius 1 is 0.962 bits per heavy atom. The lowest BCUT2D eigenvalue weighted by Gasteiger charge is -2.15. The lowest BCUT2D eigenvalue weighted by molar-refractivity contribution is -0.433. The fraction of sp³-hybridized carbons (Fsp3) is 0.368. The third-order valence-corrected chi connectivity index (χ3v) is 3.89. The lowest BCUT2D eigenvalue weighted by atomic mass is 10.0. The Kier molecular flexibility index (Phi) is 8.51. The van der Waals surface area contributed by atoms with Gasteiger partial charge in [0.15, 0.2) is 11.5 Å². The molecule has 6 nitrogen and oxygen atoms in total. The van der Waals surface area contributed by atoms with E-state index >= 15 is 0 Å². The highest BCUT2D eigenvalue weighted by Crippen LogP contribution is 2.38. The molecule has 0 heterocycles. The van der Waals surface area contributed by atoms with E-state index in [0.29, 0.717) is 29.6 Å². The van der Waals surface area contributed by atoms with Crippen LogP contribution in [0.4, 0.5) is 0 Å². The van der Waals surface area contributed by atoms with Gasteiger partial charge in [-0.1, -0.05) is 12.1 Å². The molecule has 0 aromatic heterocycles. The summed E-state index contributed by atoms with van der Waals surface area (Å²) in [7, 11) is 4.73. The molecule has 0 amide bonds. The monoisotopic (exact) mass is 383 g/mol. The quantitative estimate of drug-likeness (QED) is 0.608. The molecule has 2 unspecified atom stereocenters. The summed E-state index contributed by atoms with van der Waals surface area (Å²) in [5, 5.41) is 10.0. The van der Waals surface area contributed by atoms with Gasteiger partial charge in [0.1, 0.15) is 24.5 Å². The highest BCUT2D eigenvalue weighted by molar-refractivity contribution is 5.53. The van der Waals surface area contributed by atoms with Gasteiger partial charge in [0.2, 0.25) is 5.75 Å². The van der Waals surface area contributed by atoms with E-state index in [1.807, 2.05) is 43.3 Å². The Bertz CT molecular complexity index is 666. The summed E-state index contributed by atoms with van der Waals surface area (Å²) in [4.78, 5) is 0. The second-order valence-electron chi connectivity index (χ2n) is 5.81. The summed E-state index contributed by atoms with van der Waals surface area (Å²) in [6.45, 7) is 2.23. The van der Waals surface area contributed by atoms with Crippen LogP contribution in [0.25, 0.3) is 0 Å². The molecule has 0 aliphatic heterocycles. The van der Waals surface area contributed by atoms with Gasteiger partial charge in [0.05, 0.1) is 21.3 Å². The summed E-state index contributed by atoms with van der Waals surface area (Å²) in [5.74, 6) is 2.43. The number of hydrogen-bond acceptors (Lipinski definition) is 5. The predicted molar refractivity (Wildman–Crippen MR) is 94.2 cm³/mol. The molecule has 0 fully saturated rings. The molecule has 2 aromatic rings. The summed E-state index contributed by atoms with van der Waals surface area (Å²) >= 11 is 0. The van der Waals surface area contributed by atoms with Gasteiger partial charge in [-0.3, -0.25) is 0 Å². The number of halogens is 1. The Morgan fingerprint density at radius 3 is 1.92 bits per heavy atom. The highest BCUT2D eigenvalue weighted by atomic mass is 35.5. The third kappa shape index (κ3) is 5.17. The zero-order valence-corrected chi connectivity index (χ0v) is 16.2. The standard InChI is InChI=1S/C19H25NO5.ClH/c1-12(20)18(21)14-5-7-15(8-6-14)25-11-13-9-16(22-2)19(24-4)17(10-13)23-3;/h5-10,12,18,21H,11,20H2,1-4H3;1H. The topological polar surface area (TPSA) is 84.8 Å². The zero-order chi connectivity index (χ0) is 18.4. The van der Waals surface area contributed by atoms with Crippen molar-refractivity contribution in [1.82, 2.24) is 0 Å². The largest absolute Gasteiger partial charge is 1.00 e. The van der Waals surface area contributed by atoms with Crippen molar-refractivity contribution < 1.29 is 42.2 Å². The van der Waals surface area contributed by atoms with E-state index in [1.165, 1.54) is 0 Å². The number of aliphatic hydroxyl groups excluding tert-OH is 1. The average Bonchev–Trinajstić information content (AvgIpc) is 2.64. The average molecular weight is 384 g/mol. The molecule has 2 rings (SSSR count). The maximum Gasteiger partial charge on any atom is 0.203 e. The molecule has 0 saturated carbocycles. The van der Waals surface area contributed by atoms with E-state index < -0.39 is 6.10 Å². The van der Waals surface area contributed by atoms with Crippen LogP contribution in [-0.2, 0) is 6.61 Å². The number of methoxy groups -OCH3 is 3. The van der Waals surface area contributed by atoms with Crippen LogP contribution in [0.1, 0.15) is 24.2 Å². The van der Waals surface area contributed by atoms with E-state index in [-0.39, 0.29) is 18.4 Å². The molecule has 0 radical (unpaired) electrons. The lowest BCUT2D eigenvalue weighted by Crippen LogP contribution is -3.00. The minimum absolute atomic E-state index is 0. The molecule has 4 N–H and O–H groups in total.